The number of thiazole rings is 1. The highest BCUT2D eigenvalue weighted by Gasteiger charge is 2.48. The molecule has 1 aromatic rings. The van der Waals surface area contributed by atoms with E-state index in [1.807, 2.05) is 5.38 Å². The third-order valence-corrected chi connectivity index (χ3v) is 4.73. The van der Waals surface area contributed by atoms with E-state index in [1.165, 1.54) is 17.8 Å². The predicted molar refractivity (Wildman–Crippen MR) is 69.2 cm³/mol. The van der Waals surface area contributed by atoms with E-state index < -0.39 is 0 Å². The van der Waals surface area contributed by atoms with E-state index in [9.17, 15) is 4.79 Å². The highest BCUT2D eigenvalue weighted by molar-refractivity contribution is 7.13. The Morgan fingerprint density at radius 1 is 1.41 bits per heavy atom. The lowest BCUT2D eigenvalue weighted by Gasteiger charge is -2.10. The number of aromatic nitrogens is 1. The van der Waals surface area contributed by atoms with Gasteiger partial charge >= 0.3 is 0 Å². The molecule has 2 aliphatic carbocycles. The standard InChI is InChI=1S/C13H18N2OS/c1-7(2)11-6-17-13(14-11)15-12(16)10-4-8-3-9(8)5-10/h6-10H,3-5H2,1-2H3,(H,14,15,16). The summed E-state index contributed by atoms with van der Waals surface area (Å²) in [6.45, 7) is 4.23. The molecule has 1 N–H and O–H groups in total. The van der Waals surface area contributed by atoms with Crippen molar-refractivity contribution in [1.29, 1.82) is 0 Å². The average Bonchev–Trinajstić information content (AvgIpc) is 2.75. The summed E-state index contributed by atoms with van der Waals surface area (Å²) in [5.74, 6) is 2.56. The maximum atomic E-state index is 12.0. The Morgan fingerprint density at radius 2 is 2.12 bits per heavy atom. The number of nitrogens with one attached hydrogen (secondary N) is 1. The second-order valence-corrected chi connectivity index (χ2v) is 6.50. The molecule has 0 aliphatic heterocycles. The molecule has 2 atom stereocenters. The molecule has 3 nitrogen and oxygen atoms in total. The lowest BCUT2D eigenvalue weighted by molar-refractivity contribution is -0.120. The first-order valence-electron chi connectivity index (χ1n) is 6.39. The molecule has 2 saturated carbocycles. The summed E-state index contributed by atoms with van der Waals surface area (Å²) < 4.78 is 0. The van der Waals surface area contributed by atoms with Crippen LogP contribution in [0.25, 0.3) is 0 Å². The summed E-state index contributed by atoms with van der Waals surface area (Å²) in [5.41, 5.74) is 1.07. The molecule has 1 heterocycles. The van der Waals surface area contributed by atoms with Crippen LogP contribution in [0.3, 0.4) is 0 Å². The highest BCUT2D eigenvalue weighted by atomic mass is 32.1. The first kappa shape index (κ1) is 11.2. The van der Waals surface area contributed by atoms with Crippen LogP contribution < -0.4 is 5.32 Å². The Labute approximate surface area is 106 Å². The van der Waals surface area contributed by atoms with Gasteiger partial charge in [0.25, 0.3) is 0 Å². The van der Waals surface area contributed by atoms with Gasteiger partial charge in [0.2, 0.25) is 5.91 Å². The van der Waals surface area contributed by atoms with Gasteiger partial charge in [0.15, 0.2) is 5.13 Å². The van der Waals surface area contributed by atoms with Gasteiger partial charge in [0, 0.05) is 11.3 Å². The van der Waals surface area contributed by atoms with Crippen molar-refractivity contribution in [1.82, 2.24) is 4.98 Å². The third kappa shape index (κ3) is 2.23. The van der Waals surface area contributed by atoms with Crippen LogP contribution in [0.4, 0.5) is 5.13 Å². The van der Waals surface area contributed by atoms with Crippen LogP contribution in [0.15, 0.2) is 5.38 Å². The fraction of sp³-hybridized carbons (Fsp3) is 0.692. The fourth-order valence-corrected chi connectivity index (χ4v) is 3.62. The monoisotopic (exact) mass is 250 g/mol. The number of carbonyl (C=O) groups is 1. The normalized spacial score (nSPS) is 30.4. The minimum absolute atomic E-state index is 0.182. The maximum Gasteiger partial charge on any atom is 0.229 e. The summed E-state index contributed by atoms with van der Waals surface area (Å²) >= 11 is 1.53. The lowest BCUT2D eigenvalue weighted by Crippen LogP contribution is -2.21. The van der Waals surface area contributed by atoms with Crippen LogP contribution in [0.5, 0.6) is 0 Å². The Hall–Kier alpha value is -0.900. The topological polar surface area (TPSA) is 42.0 Å². The average molecular weight is 250 g/mol. The zero-order valence-electron chi connectivity index (χ0n) is 10.3. The van der Waals surface area contributed by atoms with Gasteiger partial charge in [0.1, 0.15) is 0 Å². The number of carbonyl (C=O) groups excluding carboxylic acids is 1. The van der Waals surface area contributed by atoms with Crippen LogP contribution in [-0.4, -0.2) is 10.9 Å². The zero-order chi connectivity index (χ0) is 12.0. The largest absolute Gasteiger partial charge is 0.302 e. The zero-order valence-corrected chi connectivity index (χ0v) is 11.1. The van der Waals surface area contributed by atoms with E-state index in [0.29, 0.717) is 5.92 Å². The van der Waals surface area contributed by atoms with Crippen molar-refractivity contribution in [3.8, 4) is 0 Å². The molecule has 4 heteroatoms. The van der Waals surface area contributed by atoms with Gasteiger partial charge < -0.3 is 5.32 Å². The Morgan fingerprint density at radius 3 is 2.71 bits per heavy atom. The lowest BCUT2D eigenvalue weighted by atomic mass is 10.0. The Kier molecular flexibility index (Phi) is 2.69. The molecule has 0 aromatic carbocycles. The second-order valence-electron chi connectivity index (χ2n) is 5.65. The molecule has 0 radical (unpaired) electrons. The van der Waals surface area contributed by atoms with Gasteiger partial charge in [0.05, 0.1) is 5.69 Å². The number of fused-ring (bicyclic) bond motifs is 1. The first-order chi connectivity index (χ1) is 8.13. The van der Waals surface area contributed by atoms with Crippen LogP contribution in [0, 0.1) is 17.8 Å². The minimum Gasteiger partial charge on any atom is -0.302 e. The van der Waals surface area contributed by atoms with Crippen molar-refractivity contribution in [3.05, 3.63) is 11.1 Å². The number of rotatable bonds is 3. The second kappa shape index (κ2) is 4.09. The molecule has 2 aliphatic rings. The van der Waals surface area contributed by atoms with E-state index in [2.05, 4.69) is 24.1 Å². The molecule has 17 heavy (non-hydrogen) atoms. The predicted octanol–water partition coefficient (Wildman–Crippen LogP) is 3.25. The van der Waals surface area contributed by atoms with Gasteiger partial charge in [-0.3, -0.25) is 4.79 Å². The van der Waals surface area contributed by atoms with E-state index in [4.69, 9.17) is 0 Å². The van der Waals surface area contributed by atoms with Gasteiger partial charge in [-0.15, -0.1) is 11.3 Å². The van der Waals surface area contributed by atoms with Gasteiger partial charge in [-0.1, -0.05) is 13.8 Å². The molecule has 1 amide bonds. The summed E-state index contributed by atoms with van der Waals surface area (Å²) in [6, 6.07) is 0. The summed E-state index contributed by atoms with van der Waals surface area (Å²) in [5, 5.41) is 5.77. The van der Waals surface area contributed by atoms with Crippen molar-refractivity contribution < 1.29 is 4.79 Å². The molecule has 92 valence electrons. The third-order valence-electron chi connectivity index (χ3n) is 3.96. The van der Waals surface area contributed by atoms with Crippen LogP contribution in [0.1, 0.15) is 44.7 Å². The van der Waals surface area contributed by atoms with Crippen molar-refractivity contribution >= 4 is 22.4 Å². The molecule has 2 unspecified atom stereocenters. The summed E-state index contributed by atoms with van der Waals surface area (Å²) in [7, 11) is 0. The van der Waals surface area contributed by atoms with Crippen molar-refractivity contribution in [2.75, 3.05) is 5.32 Å². The van der Waals surface area contributed by atoms with E-state index in [1.54, 1.807) is 0 Å². The SMILES string of the molecule is CC(C)c1csc(NC(=O)C2CC3CC3C2)n1. The molecule has 3 rings (SSSR count). The number of hydrogen-bond donors (Lipinski definition) is 1. The Bertz CT molecular complexity index is 430. The van der Waals surface area contributed by atoms with Crippen LogP contribution >= 0.6 is 11.3 Å². The van der Waals surface area contributed by atoms with Crippen LogP contribution in [0.2, 0.25) is 0 Å². The quantitative estimate of drug-likeness (QED) is 0.894. The summed E-state index contributed by atoms with van der Waals surface area (Å²) in [4.78, 5) is 16.5. The first-order valence-corrected chi connectivity index (χ1v) is 7.27. The Balaban J connectivity index is 1.60. The van der Waals surface area contributed by atoms with Crippen LogP contribution in [-0.2, 0) is 4.79 Å². The molecule has 0 bridgehead atoms. The van der Waals surface area contributed by atoms with Gasteiger partial charge in [-0.2, -0.15) is 0 Å². The maximum absolute atomic E-state index is 12.0. The van der Waals surface area contributed by atoms with Crippen molar-refractivity contribution in [2.45, 2.75) is 39.0 Å². The molecule has 2 fully saturated rings. The van der Waals surface area contributed by atoms with Crippen molar-refractivity contribution in [3.63, 3.8) is 0 Å². The fourth-order valence-electron chi connectivity index (χ4n) is 2.75. The van der Waals surface area contributed by atoms with Gasteiger partial charge in [-0.05, 0) is 37.0 Å². The molecule has 0 spiro atoms. The number of nitrogens with zero attached hydrogens (tertiary/aromatic N) is 1. The van der Waals surface area contributed by atoms with Crippen molar-refractivity contribution in [2.24, 2.45) is 17.8 Å². The van der Waals surface area contributed by atoms with E-state index >= 15 is 0 Å². The van der Waals surface area contributed by atoms with E-state index in [-0.39, 0.29) is 11.8 Å². The smallest absolute Gasteiger partial charge is 0.229 e. The van der Waals surface area contributed by atoms with Gasteiger partial charge in [-0.25, -0.2) is 4.98 Å². The summed E-state index contributed by atoms with van der Waals surface area (Å²) in [6.07, 6.45) is 3.55. The molecular weight excluding hydrogens is 232 g/mol. The highest BCUT2D eigenvalue weighted by Crippen LogP contribution is 2.54. The number of amides is 1. The number of hydrogen-bond acceptors (Lipinski definition) is 3. The molecule has 0 saturated heterocycles. The number of anilines is 1. The molecular formula is C13H18N2OS. The minimum atomic E-state index is 0.182. The van der Waals surface area contributed by atoms with E-state index in [0.717, 1.165) is 35.5 Å². The molecule has 1 aromatic heterocycles.